The summed E-state index contributed by atoms with van der Waals surface area (Å²) >= 11 is 0. The number of nitrogens with zero attached hydrogens (tertiary/aromatic N) is 3. The third-order valence-electron chi connectivity index (χ3n) is 3.19. The molecule has 0 saturated heterocycles. The molecule has 0 bridgehead atoms. The van der Waals surface area contributed by atoms with E-state index < -0.39 is 0 Å². The predicted octanol–water partition coefficient (Wildman–Crippen LogP) is 3.66. The Hall–Kier alpha value is -2.43. The quantitative estimate of drug-likeness (QED) is 0.936. The van der Waals surface area contributed by atoms with Crippen LogP contribution in [0.4, 0.5) is 11.6 Å². The van der Waals surface area contributed by atoms with Crippen molar-refractivity contribution in [1.82, 2.24) is 9.97 Å². The van der Waals surface area contributed by atoms with Crippen molar-refractivity contribution in [2.45, 2.75) is 40.2 Å². The molecule has 0 saturated carbocycles. The zero-order chi connectivity index (χ0) is 17.0. The van der Waals surface area contributed by atoms with Gasteiger partial charge in [0, 0.05) is 23.5 Å². The zero-order valence-corrected chi connectivity index (χ0v) is 14.4. The smallest absolute Gasteiger partial charge is 0.277 e. The molecule has 5 heteroatoms. The normalized spacial score (nSPS) is 11.2. The summed E-state index contributed by atoms with van der Waals surface area (Å²) in [5, 5.41) is 3.22. The Morgan fingerprint density at radius 3 is 2.39 bits per heavy atom. The number of para-hydroxylation sites is 1. The number of carbonyl (C=O) groups is 1. The van der Waals surface area contributed by atoms with Crippen molar-refractivity contribution in [3.05, 3.63) is 47.8 Å². The van der Waals surface area contributed by atoms with Gasteiger partial charge >= 0.3 is 0 Å². The molecular weight excluding hydrogens is 288 g/mol. The van der Waals surface area contributed by atoms with Crippen LogP contribution in [-0.4, -0.2) is 28.0 Å². The van der Waals surface area contributed by atoms with Crippen LogP contribution in [0.1, 0.15) is 43.9 Å². The third-order valence-corrected chi connectivity index (χ3v) is 3.19. The number of carbonyl (C=O) groups excluding carboxylic acids is 1. The molecule has 0 aliphatic carbocycles. The topological polar surface area (TPSA) is 58.1 Å². The van der Waals surface area contributed by atoms with Gasteiger partial charge in [-0.25, -0.2) is 9.97 Å². The standard InChI is InChI=1S/C18H24N4O/c1-6-22(14-10-8-7-9-11-14)16(23)15-12-13(2)19-17(20-15)21-18(3,4)5/h7-12H,6H2,1-5H3,(H,19,20,21). The molecule has 0 unspecified atom stereocenters. The van der Waals surface area contributed by atoms with E-state index >= 15 is 0 Å². The number of aromatic nitrogens is 2. The molecule has 0 aliphatic heterocycles. The predicted molar refractivity (Wildman–Crippen MR) is 93.9 cm³/mol. The van der Waals surface area contributed by atoms with Crippen LogP contribution in [0.3, 0.4) is 0 Å². The van der Waals surface area contributed by atoms with Crippen molar-refractivity contribution < 1.29 is 4.79 Å². The first-order valence-corrected chi connectivity index (χ1v) is 7.81. The van der Waals surface area contributed by atoms with Crippen LogP contribution in [0.2, 0.25) is 0 Å². The molecule has 1 heterocycles. The molecule has 0 atom stereocenters. The van der Waals surface area contributed by atoms with Gasteiger partial charge in [-0.15, -0.1) is 0 Å². The number of aryl methyl sites for hydroxylation is 1. The fourth-order valence-corrected chi connectivity index (χ4v) is 2.26. The molecule has 23 heavy (non-hydrogen) atoms. The van der Waals surface area contributed by atoms with Gasteiger partial charge in [0.15, 0.2) is 0 Å². The molecular formula is C18H24N4O. The molecule has 0 fully saturated rings. The van der Waals surface area contributed by atoms with E-state index in [1.54, 1.807) is 11.0 Å². The summed E-state index contributed by atoms with van der Waals surface area (Å²) in [5.41, 5.74) is 1.86. The van der Waals surface area contributed by atoms with Crippen LogP contribution in [-0.2, 0) is 0 Å². The summed E-state index contributed by atoms with van der Waals surface area (Å²) in [4.78, 5) is 23.3. The van der Waals surface area contributed by atoms with E-state index in [-0.39, 0.29) is 11.4 Å². The second-order valence-electron chi connectivity index (χ2n) is 6.48. The fourth-order valence-electron chi connectivity index (χ4n) is 2.26. The minimum Gasteiger partial charge on any atom is -0.350 e. The van der Waals surface area contributed by atoms with Gasteiger partial charge in [0.05, 0.1) is 0 Å². The Morgan fingerprint density at radius 2 is 1.83 bits per heavy atom. The van der Waals surface area contributed by atoms with Crippen molar-refractivity contribution in [1.29, 1.82) is 0 Å². The van der Waals surface area contributed by atoms with Crippen molar-refractivity contribution in [2.24, 2.45) is 0 Å². The maximum Gasteiger partial charge on any atom is 0.277 e. The minimum absolute atomic E-state index is 0.124. The number of amides is 1. The van der Waals surface area contributed by atoms with Crippen molar-refractivity contribution in [3.63, 3.8) is 0 Å². The second kappa shape index (κ2) is 6.77. The molecule has 1 amide bonds. The van der Waals surface area contributed by atoms with Gasteiger partial charge in [-0.3, -0.25) is 4.79 Å². The van der Waals surface area contributed by atoms with Gasteiger partial charge in [-0.1, -0.05) is 18.2 Å². The number of benzene rings is 1. The zero-order valence-electron chi connectivity index (χ0n) is 14.4. The molecule has 1 aromatic carbocycles. The fraction of sp³-hybridized carbons (Fsp3) is 0.389. The average Bonchev–Trinajstić information content (AvgIpc) is 2.46. The lowest BCUT2D eigenvalue weighted by atomic mass is 10.1. The van der Waals surface area contributed by atoms with Crippen molar-refractivity contribution in [3.8, 4) is 0 Å². The lowest BCUT2D eigenvalue weighted by Gasteiger charge is -2.23. The van der Waals surface area contributed by atoms with E-state index in [2.05, 4.69) is 15.3 Å². The van der Waals surface area contributed by atoms with Crippen molar-refractivity contribution >= 4 is 17.5 Å². The van der Waals surface area contributed by atoms with Crippen LogP contribution in [0.25, 0.3) is 0 Å². The highest BCUT2D eigenvalue weighted by Crippen LogP contribution is 2.18. The molecule has 122 valence electrons. The Labute approximate surface area is 137 Å². The van der Waals surface area contributed by atoms with Gasteiger partial charge in [-0.2, -0.15) is 0 Å². The van der Waals surface area contributed by atoms with Gasteiger partial charge in [0.25, 0.3) is 5.91 Å². The number of hydrogen-bond acceptors (Lipinski definition) is 4. The Balaban J connectivity index is 2.34. The monoisotopic (exact) mass is 312 g/mol. The molecule has 0 aliphatic rings. The van der Waals surface area contributed by atoms with E-state index in [9.17, 15) is 4.79 Å². The molecule has 0 spiro atoms. The van der Waals surface area contributed by atoms with Gasteiger partial charge in [0.2, 0.25) is 5.95 Å². The summed E-state index contributed by atoms with van der Waals surface area (Å²) in [5.74, 6) is 0.353. The summed E-state index contributed by atoms with van der Waals surface area (Å²) in [6, 6.07) is 11.3. The van der Waals surface area contributed by atoms with E-state index in [0.717, 1.165) is 11.4 Å². The van der Waals surface area contributed by atoms with E-state index in [0.29, 0.717) is 18.2 Å². The van der Waals surface area contributed by atoms with Gasteiger partial charge in [-0.05, 0) is 52.8 Å². The summed E-state index contributed by atoms with van der Waals surface area (Å²) in [6.45, 7) is 10.5. The van der Waals surface area contributed by atoms with Crippen LogP contribution in [0, 0.1) is 6.92 Å². The lowest BCUT2D eigenvalue weighted by Crippen LogP contribution is -2.32. The number of hydrogen-bond donors (Lipinski definition) is 1. The summed E-state index contributed by atoms with van der Waals surface area (Å²) < 4.78 is 0. The number of nitrogens with one attached hydrogen (secondary N) is 1. The highest BCUT2D eigenvalue weighted by molar-refractivity contribution is 6.04. The molecule has 1 aromatic heterocycles. The Bertz CT molecular complexity index is 677. The molecule has 1 N–H and O–H groups in total. The summed E-state index contributed by atoms with van der Waals surface area (Å²) in [7, 11) is 0. The van der Waals surface area contributed by atoms with Crippen LogP contribution in [0.5, 0.6) is 0 Å². The average molecular weight is 312 g/mol. The van der Waals surface area contributed by atoms with E-state index in [1.165, 1.54) is 0 Å². The highest BCUT2D eigenvalue weighted by Gasteiger charge is 2.20. The van der Waals surface area contributed by atoms with E-state index in [1.807, 2.05) is 65.0 Å². The summed E-state index contributed by atoms with van der Waals surface area (Å²) in [6.07, 6.45) is 0. The Kier molecular flexibility index (Phi) is 4.98. The maximum atomic E-state index is 12.9. The first-order valence-electron chi connectivity index (χ1n) is 7.81. The number of anilines is 2. The van der Waals surface area contributed by atoms with Gasteiger partial charge < -0.3 is 10.2 Å². The van der Waals surface area contributed by atoms with Crippen LogP contribution < -0.4 is 10.2 Å². The van der Waals surface area contributed by atoms with Crippen LogP contribution >= 0.6 is 0 Å². The molecule has 5 nitrogen and oxygen atoms in total. The second-order valence-corrected chi connectivity index (χ2v) is 6.48. The first kappa shape index (κ1) is 16.9. The minimum atomic E-state index is -0.169. The molecule has 2 rings (SSSR count). The molecule has 0 radical (unpaired) electrons. The maximum absolute atomic E-state index is 12.9. The Morgan fingerprint density at radius 1 is 1.17 bits per heavy atom. The van der Waals surface area contributed by atoms with Crippen molar-refractivity contribution in [2.75, 3.05) is 16.8 Å². The SMILES string of the molecule is CCN(C(=O)c1cc(C)nc(NC(C)(C)C)n1)c1ccccc1. The largest absolute Gasteiger partial charge is 0.350 e. The third kappa shape index (κ3) is 4.52. The van der Waals surface area contributed by atoms with Gasteiger partial charge in [0.1, 0.15) is 5.69 Å². The molecule has 2 aromatic rings. The van der Waals surface area contributed by atoms with E-state index in [4.69, 9.17) is 0 Å². The highest BCUT2D eigenvalue weighted by atomic mass is 16.2. The lowest BCUT2D eigenvalue weighted by molar-refractivity contribution is 0.0983. The van der Waals surface area contributed by atoms with Crippen LogP contribution in [0.15, 0.2) is 36.4 Å². The first-order chi connectivity index (χ1) is 10.8. The number of rotatable bonds is 4.